The minimum atomic E-state index is -0.489. The van der Waals surface area contributed by atoms with Crippen LogP contribution in [0.1, 0.15) is 18.1 Å². The predicted molar refractivity (Wildman–Crippen MR) is 53.9 cm³/mol. The van der Waals surface area contributed by atoms with Gasteiger partial charge < -0.3 is 20.3 Å². The van der Waals surface area contributed by atoms with Gasteiger partial charge in [-0.3, -0.25) is 0 Å². The van der Waals surface area contributed by atoms with Crippen LogP contribution < -0.4 is 10.1 Å². The Balaban J connectivity index is 2.01. The van der Waals surface area contributed by atoms with Crippen molar-refractivity contribution in [3.05, 3.63) is 23.8 Å². The highest BCUT2D eigenvalue weighted by atomic mass is 16.5. The Morgan fingerprint density at radius 3 is 2.87 bits per heavy atom. The highest BCUT2D eigenvalue weighted by molar-refractivity contribution is 5.43. The number of hydrogen-bond acceptors (Lipinski definition) is 4. The number of aliphatic hydroxyl groups excluding tert-OH is 1. The maximum absolute atomic E-state index is 9.96. The number of aliphatic hydroxyl groups is 1. The predicted octanol–water partition coefficient (Wildman–Crippen LogP) is 0.550. The van der Waals surface area contributed by atoms with E-state index in [-0.39, 0.29) is 11.4 Å². The molecule has 0 amide bonds. The molecule has 0 unspecified atom stereocenters. The summed E-state index contributed by atoms with van der Waals surface area (Å²) < 4.78 is 5.82. The zero-order valence-corrected chi connectivity index (χ0v) is 8.23. The first-order valence-electron chi connectivity index (χ1n) is 5.09. The molecule has 1 saturated heterocycles. The monoisotopic (exact) mass is 207 g/mol. The van der Waals surface area contributed by atoms with Crippen molar-refractivity contribution >= 4 is 0 Å². The average molecular weight is 207 g/mol. The van der Waals surface area contributed by atoms with Gasteiger partial charge in [0.1, 0.15) is 17.1 Å². The lowest BCUT2D eigenvalue weighted by Crippen LogP contribution is -2.64. The van der Waals surface area contributed by atoms with Gasteiger partial charge in [0.15, 0.2) is 0 Å². The fourth-order valence-corrected chi connectivity index (χ4v) is 2.24. The van der Waals surface area contributed by atoms with Crippen LogP contribution in [0.5, 0.6) is 11.5 Å². The number of hydrogen-bond donors (Lipinski definition) is 3. The molecule has 1 atom stereocenters. The maximum atomic E-state index is 9.96. The number of fused-ring (bicyclic) bond motifs is 1. The van der Waals surface area contributed by atoms with Crippen LogP contribution in [0.4, 0.5) is 0 Å². The number of aromatic hydroxyl groups is 1. The molecular formula is C11H13NO3. The number of phenols is 1. The normalized spacial score (nSPS) is 26.6. The molecule has 3 N–H and O–H groups in total. The van der Waals surface area contributed by atoms with Crippen molar-refractivity contribution < 1.29 is 14.9 Å². The SMILES string of the molecule is Oc1ccc2c(c1)OC1(CNC1)C[C@@H]2O. The zero-order valence-electron chi connectivity index (χ0n) is 8.23. The number of rotatable bonds is 0. The van der Waals surface area contributed by atoms with Gasteiger partial charge >= 0.3 is 0 Å². The molecule has 15 heavy (non-hydrogen) atoms. The summed E-state index contributed by atoms with van der Waals surface area (Å²) in [7, 11) is 0. The summed E-state index contributed by atoms with van der Waals surface area (Å²) in [5, 5.41) is 22.5. The first-order chi connectivity index (χ1) is 7.19. The van der Waals surface area contributed by atoms with Crippen LogP contribution in [0.25, 0.3) is 0 Å². The Hall–Kier alpha value is -1.26. The standard InChI is InChI=1S/C11H13NO3/c13-7-1-2-8-9(14)4-11(5-12-6-11)15-10(8)3-7/h1-3,9,12-14H,4-6H2/t9-/m0/s1. The molecule has 0 bridgehead atoms. The van der Waals surface area contributed by atoms with Crippen LogP contribution >= 0.6 is 0 Å². The largest absolute Gasteiger partial charge is 0.508 e. The molecule has 4 heteroatoms. The van der Waals surface area contributed by atoms with Gasteiger partial charge in [-0.15, -0.1) is 0 Å². The molecule has 1 spiro atoms. The number of ether oxygens (including phenoxy) is 1. The second kappa shape index (κ2) is 2.87. The smallest absolute Gasteiger partial charge is 0.136 e. The van der Waals surface area contributed by atoms with Gasteiger partial charge in [-0.1, -0.05) is 0 Å². The van der Waals surface area contributed by atoms with E-state index in [0.29, 0.717) is 12.2 Å². The van der Waals surface area contributed by atoms with Crippen molar-refractivity contribution in [2.45, 2.75) is 18.1 Å². The van der Waals surface area contributed by atoms with Crippen molar-refractivity contribution in [1.29, 1.82) is 0 Å². The molecule has 0 radical (unpaired) electrons. The van der Waals surface area contributed by atoms with E-state index in [0.717, 1.165) is 18.7 Å². The Morgan fingerprint density at radius 1 is 1.40 bits per heavy atom. The van der Waals surface area contributed by atoms with Crippen molar-refractivity contribution in [3.8, 4) is 11.5 Å². The lowest BCUT2D eigenvalue weighted by Gasteiger charge is -2.47. The molecule has 2 aliphatic rings. The molecule has 2 heterocycles. The molecule has 1 fully saturated rings. The molecular weight excluding hydrogens is 194 g/mol. The van der Waals surface area contributed by atoms with Gasteiger partial charge in [-0.05, 0) is 12.1 Å². The number of nitrogens with one attached hydrogen (secondary N) is 1. The van der Waals surface area contributed by atoms with Crippen molar-refractivity contribution in [1.82, 2.24) is 5.32 Å². The summed E-state index contributed by atoms with van der Waals surface area (Å²) in [5.74, 6) is 0.778. The second-order valence-electron chi connectivity index (χ2n) is 4.33. The van der Waals surface area contributed by atoms with Crippen LogP contribution in [0, 0.1) is 0 Å². The summed E-state index contributed by atoms with van der Waals surface area (Å²) in [6, 6.07) is 4.86. The van der Waals surface area contributed by atoms with Crippen molar-refractivity contribution in [2.75, 3.05) is 13.1 Å². The van der Waals surface area contributed by atoms with E-state index in [2.05, 4.69) is 5.32 Å². The fourth-order valence-electron chi connectivity index (χ4n) is 2.24. The van der Waals surface area contributed by atoms with Crippen LogP contribution in [0.15, 0.2) is 18.2 Å². The Morgan fingerprint density at radius 2 is 2.20 bits per heavy atom. The molecule has 1 aromatic rings. The minimum Gasteiger partial charge on any atom is -0.508 e. The Labute approximate surface area is 87.5 Å². The molecule has 1 aromatic carbocycles. The Kier molecular flexibility index (Phi) is 1.72. The van der Waals surface area contributed by atoms with Crippen molar-refractivity contribution in [2.24, 2.45) is 0 Å². The highest BCUT2D eigenvalue weighted by Crippen LogP contribution is 2.42. The summed E-state index contributed by atoms with van der Waals surface area (Å²) >= 11 is 0. The summed E-state index contributed by atoms with van der Waals surface area (Å²) in [5.41, 5.74) is 0.505. The molecule has 2 aliphatic heterocycles. The zero-order chi connectivity index (χ0) is 10.5. The van der Waals surface area contributed by atoms with Gasteiger partial charge in [0.05, 0.1) is 6.10 Å². The minimum absolute atomic E-state index is 0.172. The highest BCUT2D eigenvalue weighted by Gasteiger charge is 2.45. The van der Waals surface area contributed by atoms with Gasteiger partial charge in [-0.25, -0.2) is 0 Å². The third-order valence-corrected chi connectivity index (χ3v) is 3.14. The molecule has 3 rings (SSSR count). The topological polar surface area (TPSA) is 61.7 Å². The van der Waals surface area contributed by atoms with E-state index >= 15 is 0 Å². The molecule has 0 saturated carbocycles. The lowest BCUT2D eigenvalue weighted by molar-refractivity contribution is -0.0483. The van der Waals surface area contributed by atoms with E-state index in [1.807, 2.05) is 0 Å². The van der Waals surface area contributed by atoms with E-state index in [1.54, 1.807) is 18.2 Å². The lowest BCUT2D eigenvalue weighted by atomic mass is 9.84. The second-order valence-corrected chi connectivity index (χ2v) is 4.33. The van der Waals surface area contributed by atoms with Crippen LogP contribution in [0.3, 0.4) is 0 Å². The van der Waals surface area contributed by atoms with E-state index in [9.17, 15) is 10.2 Å². The van der Waals surface area contributed by atoms with Crippen molar-refractivity contribution in [3.63, 3.8) is 0 Å². The van der Waals surface area contributed by atoms with Gasteiger partial charge in [-0.2, -0.15) is 0 Å². The summed E-state index contributed by atoms with van der Waals surface area (Å²) in [6.45, 7) is 1.53. The first-order valence-corrected chi connectivity index (χ1v) is 5.09. The maximum Gasteiger partial charge on any atom is 0.136 e. The van der Waals surface area contributed by atoms with Gasteiger partial charge in [0.25, 0.3) is 0 Å². The molecule has 4 nitrogen and oxygen atoms in total. The summed E-state index contributed by atoms with van der Waals surface area (Å²) in [6.07, 6.45) is 0.133. The first kappa shape index (κ1) is 9.00. The molecule has 80 valence electrons. The summed E-state index contributed by atoms with van der Waals surface area (Å²) in [4.78, 5) is 0. The van der Waals surface area contributed by atoms with E-state index < -0.39 is 6.10 Å². The van der Waals surface area contributed by atoms with E-state index in [4.69, 9.17) is 4.74 Å². The Bertz CT molecular complexity index is 401. The molecule has 0 aliphatic carbocycles. The van der Waals surface area contributed by atoms with Gasteiger partial charge in [0, 0.05) is 31.1 Å². The molecule has 0 aromatic heterocycles. The van der Waals surface area contributed by atoms with Gasteiger partial charge in [0.2, 0.25) is 0 Å². The fraction of sp³-hybridized carbons (Fsp3) is 0.455. The van der Waals surface area contributed by atoms with E-state index in [1.165, 1.54) is 0 Å². The van der Waals surface area contributed by atoms with Crippen LogP contribution in [-0.4, -0.2) is 28.9 Å². The number of benzene rings is 1. The quantitative estimate of drug-likeness (QED) is 0.581. The van der Waals surface area contributed by atoms with Crippen LogP contribution in [0.2, 0.25) is 0 Å². The average Bonchev–Trinajstić information content (AvgIpc) is 2.14. The third-order valence-electron chi connectivity index (χ3n) is 3.14. The van der Waals surface area contributed by atoms with Crippen LogP contribution in [-0.2, 0) is 0 Å². The number of phenolic OH excluding ortho intramolecular Hbond substituents is 1. The third kappa shape index (κ3) is 1.29.